The molecule has 7 heteroatoms. The van der Waals surface area contributed by atoms with Gasteiger partial charge in [0.15, 0.2) is 0 Å². The molecule has 0 spiro atoms. The number of ether oxygens (including phenoxy) is 1. The van der Waals surface area contributed by atoms with Crippen molar-refractivity contribution in [3.63, 3.8) is 0 Å². The summed E-state index contributed by atoms with van der Waals surface area (Å²) in [6.45, 7) is 0. The predicted octanol–water partition coefficient (Wildman–Crippen LogP) is 1.74. The van der Waals surface area contributed by atoms with Crippen molar-refractivity contribution < 1.29 is 17.9 Å². The Hall–Kier alpha value is -2.38. The molecule has 0 fully saturated rings. The molecule has 0 aliphatic carbocycles. The van der Waals surface area contributed by atoms with Crippen LogP contribution in [0.1, 0.15) is 15.9 Å². The number of rotatable bonds is 5. The maximum atomic E-state index is 12.1. The first kappa shape index (κ1) is 16.0. The Labute approximate surface area is 129 Å². The second-order valence-corrected chi connectivity index (χ2v) is 6.30. The number of nitrogens with one attached hydrogen (secondary N) is 1. The van der Waals surface area contributed by atoms with Crippen LogP contribution in [0.15, 0.2) is 48.5 Å². The van der Waals surface area contributed by atoms with Crippen LogP contribution < -0.4 is 15.2 Å². The second-order valence-electron chi connectivity index (χ2n) is 4.69. The molecular formula is C15H16N2O4S. The molecule has 0 aromatic heterocycles. The Balaban J connectivity index is 2.08. The molecule has 0 unspecified atom stereocenters. The molecule has 22 heavy (non-hydrogen) atoms. The molecule has 0 saturated heterocycles. The van der Waals surface area contributed by atoms with E-state index in [1.165, 1.54) is 7.11 Å². The number of primary sulfonamides is 1. The molecule has 2 aromatic rings. The summed E-state index contributed by atoms with van der Waals surface area (Å²) in [5.74, 6) is 0.0751. The quantitative estimate of drug-likeness (QED) is 0.876. The minimum absolute atomic E-state index is 0.239. The molecule has 0 saturated carbocycles. The van der Waals surface area contributed by atoms with Crippen LogP contribution in [0.4, 0.5) is 5.69 Å². The zero-order chi connectivity index (χ0) is 16.2. The summed E-state index contributed by atoms with van der Waals surface area (Å²) in [6.07, 6.45) is 0. The maximum Gasteiger partial charge on any atom is 0.255 e. The van der Waals surface area contributed by atoms with E-state index < -0.39 is 10.0 Å². The molecule has 116 valence electrons. The average Bonchev–Trinajstić information content (AvgIpc) is 2.48. The highest BCUT2D eigenvalue weighted by atomic mass is 32.2. The number of hydrogen-bond donors (Lipinski definition) is 2. The molecule has 2 aromatic carbocycles. The van der Waals surface area contributed by atoms with E-state index in [0.29, 0.717) is 22.6 Å². The Kier molecular flexibility index (Phi) is 4.79. The van der Waals surface area contributed by atoms with Crippen molar-refractivity contribution in [2.75, 3.05) is 12.4 Å². The topological polar surface area (TPSA) is 98.5 Å². The van der Waals surface area contributed by atoms with Crippen molar-refractivity contribution in [3.8, 4) is 5.75 Å². The summed E-state index contributed by atoms with van der Waals surface area (Å²) < 4.78 is 27.1. The Morgan fingerprint density at radius 1 is 1.18 bits per heavy atom. The van der Waals surface area contributed by atoms with Crippen LogP contribution >= 0.6 is 0 Å². The first-order valence-corrected chi connectivity index (χ1v) is 8.14. The smallest absolute Gasteiger partial charge is 0.255 e. The summed E-state index contributed by atoms with van der Waals surface area (Å²) in [5.41, 5.74) is 1.58. The second kappa shape index (κ2) is 6.59. The number of carbonyl (C=O) groups is 1. The van der Waals surface area contributed by atoms with Crippen LogP contribution in [-0.2, 0) is 15.8 Å². The van der Waals surface area contributed by atoms with Crippen molar-refractivity contribution in [2.24, 2.45) is 5.14 Å². The fourth-order valence-corrected chi connectivity index (χ4v) is 2.54. The monoisotopic (exact) mass is 320 g/mol. The van der Waals surface area contributed by atoms with Crippen molar-refractivity contribution in [3.05, 3.63) is 59.7 Å². The molecule has 1 amide bonds. The number of anilines is 1. The van der Waals surface area contributed by atoms with Gasteiger partial charge in [-0.25, -0.2) is 13.6 Å². The lowest BCUT2D eigenvalue weighted by atomic mass is 10.2. The van der Waals surface area contributed by atoms with Gasteiger partial charge in [-0.05, 0) is 35.9 Å². The van der Waals surface area contributed by atoms with Gasteiger partial charge in [0.1, 0.15) is 5.75 Å². The van der Waals surface area contributed by atoms with Gasteiger partial charge in [-0.15, -0.1) is 0 Å². The standard InChI is InChI=1S/C15H16N2O4S/c1-21-14-4-2-3-12(9-14)15(18)17-13-7-5-11(6-8-13)10-22(16,19)20/h2-9H,10H2,1H3,(H,17,18)(H2,16,19,20). The highest BCUT2D eigenvalue weighted by Gasteiger charge is 2.08. The lowest BCUT2D eigenvalue weighted by Crippen LogP contribution is -2.15. The molecule has 0 atom stereocenters. The third-order valence-electron chi connectivity index (χ3n) is 2.91. The number of hydrogen-bond acceptors (Lipinski definition) is 4. The molecule has 0 bridgehead atoms. The fraction of sp³-hybridized carbons (Fsp3) is 0.133. The van der Waals surface area contributed by atoms with Crippen LogP contribution in [0.3, 0.4) is 0 Å². The van der Waals surface area contributed by atoms with Gasteiger partial charge in [0.25, 0.3) is 5.91 Å². The van der Waals surface area contributed by atoms with E-state index in [2.05, 4.69) is 5.32 Å². The van der Waals surface area contributed by atoms with Gasteiger partial charge >= 0.3 is 0 Å². The highest BCUT2D eigenvalue weighted by Crippen LogP contribution is 2.16. The fourth-order valence-electron chi connectivity index (χ4n) is 1.88. The summed E-state index contributed by atoms with van der Waals surface area (Å²) in [5, 5.41) is 7.70. The van der Waals surface area contributed by atoms with Crippen molar-refractivity contribution >= 4 is 21.6 Å². The van der Waals surface area contributed by atoms with Gasteiger partial charge < -0.3 is 10.1 Å². The number of benzene rings is 2. The Morgan fingerprint density at radius 2 is 1.86 bits per heavy atom. The molecule has 6 nitrogen and oxygen atoms in total. The minimum atomic E-state index is -3.57. The zero-order valence-corrected chi connectivity index (χ0v) is 12.8. The summed E-state index contributed by atoms with van der Waals surface area (Å²) in [4.78, 5) is 12.1. The van der Waals surface area contributed by atoms with Gasteiger partial charge in [0.2, 0.25) is 10.0 Å². The normalized spacial score (nSPS) is 11.0. The number of methoxy groups -OCH3 is 1. The van der Waals surface area contributed by atoms with E-state index in [4.69, 9.17) is 9.88 Å². The third kappa shape index (κ3) is 4.57. The molecule has 0 aliphatic heterocycles. The van der Waals surface area contributed by atoms with E-state index in [0.717, 1.165) is 0 Å². The predicted molar refractivity (Wildman–Crippen MR) is 84.2 cm³/mol. The lowest BCUT2D eigenvalue weighted by Gasteiger charge is -2.07. The van der Waals surface area contributed by atoms with Gasteiger partial charge in [-0.1, -0.05) is 18.2 Å². The number of carbonyl (C=O) groups excluding carboxylic acids is 1. The van der Waals surface area contributed by atoms with E-state index >= 15 is 0 Å². The van der Waals surface area contributed by atoms with Crippen molar-refractivity contribution in [1.29, 1.82) is 0 Å². The van der Waals surface area contributed by atoms with E-state index in [-0.39, 0.29) is 11.7 Å². The lowest BCUT2D eigenvalue weighted by molar-refractivity contribution is 0.102. The van der Waals surface area contributed by atoms with Gasteiger partial charge in [0.05, 0.1) is 12.9 Å². The molecule has 0 aliphatic rings. The van der Waals surface area contributed by atoms with Gasteiger partial charge in [0, 0.05) is 11.3 Å². The molecule has 3 N–H and O–H groups in total. The molecule has 2 rings (SSSR count). The molecule has 0 radical (unpaired) electrons. The van der Waals surface area contributed by atoms with Gasteiger partial charge in [-0.2, -0.15) is 0 Å². The summed E-state index contributed by atoms with van der Waals surface area (Å²) in [7, 11) is -2.04. The largest absolute Gasteiger partial charge is 0.497 e. The zero-order valence-electron chi connectivity index (χ0n) is 11.9. The molecule has 0 heterocycles. The first-order chi connectivity index (χ1) is 10.4. The average molecular weight is 320 g/mol. The van der Waals surface area contributed by atoms with Crippen molar-refractivity contribution in [1.82, 2.24) is 0 Å². The van der Waals surface area contributed by atoms with Crippen molar-refractivity contribution in [2.45, 2.75) is 5.75 Å². The Bertz CT molecular complexity index is 770. The van der Waals surface area contributed by atoms with Crippen LogP contribution in [0.2, 0.25) is 0 Å². The van der Waals surface area contributed by atoms with Crippen LogP contribution in [-0.4, -0.2) is 21.4 Å². The Morgan fingerprint density at radius 3 is 2.45 bits per heavy atom. The van der Waals surface area contributed by atoms with Gasteiger partial charge in [-0.3, -0.25) is 4.79 Å². The van der Waals surface area contributed by atoms with E-state index in [1.807, 2.05) is 0 Å². The van der Waals surface area contributed by atoms with Crippen LogP contribution in [0.5, 0.6) is 5.75 Å². The van der Waals surface area contributed by atoms with Crippen LogP contribution in [0, 0.1) is 0 Å². The SMILES string of the molecule is COc1cccc(C(=O)Nc2ccc(CS(N)(=O)=O)cc2)c1. The summed E-state index contributed by atoms with van der Waals surface area (Å²) >= 11 is 0. The van der Waals surface area contributed by atoms with Crippen LogP contribution in [0.25, 0.3) is 0 Å². The minimum Gasteiger partial charge on any atom is -0.497 e. The molecular weight excluding hydrogens is 304 g/mol. The number of sulfonamides is 1. The highest BCUT2D eigenvalue weighted by molar-refractivity contribution is 7.88. The van der Waals surface area contributed by atoms with E-state index in [1.54, 1.807) is 48.5 Å². The maximum absolute atomic E-state index is 12.1. The van der Waals surface area contributed by atoms with E-state index in [9.17, 15) is 13.2 Å². The summed E-state index contributed by atoms with van der Waals surface area (Å²) in [6, 6.07) is 13.2. The number of nitrogens with two attached hydrogens (primary N) is 1. The third-order valence-corrected chi connectivity index (χ3v) is 3.65. The first-order valence-electron chi connectivity index (χ1n) is 6.42. The number of amides is 1.